The van der Waals surface area contributed by atoms with Gasteiger partial charge in [0.25, 0.3) is 0 Å². The van der Waals surface area contributed by atoms with Crippen LogP contribution in [-0.4, -0.2) is 15.3 Å². The van der Waals surface area contributed by atoms with Gasteiger partial charge in [-0.2, -0.15) is 0 Å². The minimum Gasteiger partial charge on any atom is -0.465 e. The molecule has 0 aliphatic carbocycles. The zero-order chi connectivity index (χ0) is 21.9. The SMILES string of the molecule is Cc1cc(NC(=O)/C=C/c2ccco2)c2nc(-c3ccc(-c4ccccc4)cc3)cn2c1. The van der Waals surface area contributed by atoms with Crippen molar-refractivity contribution in [2.45, 2.75) is 6.92 Å². The Morgan fingerprint density at radius 1 is 0.938 bits per heavy atom. The molecular formula is C27H21N3O2. The number of furan rings is 1. The Morgan fingerprint density at radius 3 is 2.44 bits per heavy atom. The summed E-state index contributed by atoms with van der Waals surface area (Å²) in [5.74, 6) is 0.377. The summed E-state index contributed by atoms with van der Waals surface area (Å²) in [6, 6.07) is 24.1. The lowest BCUT2D eigenvalue weighted by molar-refractivity contribution is -0.111. The molecule has 1 N–H and O–H groups in total. The Labute approximate surface area is 185 Å². The van der Waals surface area contributed by atoms with E-state index in [1.807, 2.05) is 48.0 Å². The minimum atomic E-state index is -0.245. The van der Waals surface area contributed by atoms with Crippen molar-refractivity contribution in [2.75, 3.05) is 5.32 Å². The van der Waals surface area contributed by atoms with Crippen LogP contribution in [0.1, 0.15) is 11.3 Å². The van der Waals surface area contributed by atoms with Crippen molar-refractivity contribution < 1.29 is 9.21 Å². The molecule has 0 atom stereocenters. The van der Waals surface area contributed by atoms with Crippen molar-refractivity contribution in [1.29, 1.82) is 0 Å². The topological polar surface area (TPSA) is 59.5 Å². The predicted molar refractivity (Wildman–Crippen MR) is 127 cm³/mol. The Hall–Kier alpha value is -4.38. The van der Waals surface area contributed by atoms with E-state index in [0.29, 0.717) is 17.1 Å². The maximum atomic E-state index is 12.4. The van der Waals surface area contributed by atoms with Crippen molar-refractivity contribution in [2.24, 2.45) is 0 Å². The van der Waals surface area contributed by atoms with Gasteiger partial charge in [-0.3, -0.25) is 4.79 Å². The molecule has 5 rings (SSSR count). The number of nitrogens with zero attached hydrogens (tertiary/aromatic N) is 2. The van der Waals surface area contributed by atoms with Crippen molar-refractivity contribution in [1.82, 2.24) is 9.38 Å². The summed E-state index contributed by atoms with van der Waals surface area (Å²) in [4.78, 5) is 17.2. The number of hydrogen-bond acceptors (Lipinski definition) is 3. The smallest absolute Gasteiger partial charge is 0.248 e. The molecule has 0 radical (unpaired) electrons. The van der Waals surface area contributed by atoms with Gasteiger partial charge in [-0.05, 0) is 47.9 Å². The molecule has 1 amide bonds. The number of imidazole rings is 1. The fourth-order valence-electron chi connectivity index (χ4n) is 3.65. The second kappa shape index (κ2) is 8.40. The zero-order valence-electron chi connectivity index (χ0n) is 17.5. The molecule has 0 saturated carbocycles. The molecule has 0 aliphatic rings. The Bertz CT molecular complexity index is 1400. The first-order chi connectivity index (χ1) is 15.7. The second-order valence-corrected chi connectivity index (χ2v) is 7.57. The van der Waals surface area contributed by atoms with Gasteiger partial charge in [0.15, 0.2) is 5.65 Å². The number of benzene rings is 2. The van der Waals surface area contributed by atoms with Crippen molar-refractivity contribution in [3.8, 4) is 22.4 Å². The summed E-state index contributed by atoms with van der Waals surface area (Å²) in [6.45, 7) is 1.99. The highest BCUT2D eigenvalue weighted by Gasteiger charge is 2.11. The quantitative estimate of drug-likeness (QED) is 0.344. The molecule has 3 heterocycles. The third kappa shape index (κ3) is 4.09. The van der Waals surface area contributed by atoms with Gasteiger partial charge < -0.3 is 14.1 Å². The first-order valence-electron chi connectivity index (χ1n) is 10.3. The largest absolute Gasteiger partial charge is 0.465 e. The van der Waals surface area contributed by atoms with E-state index in [2.05, 4.69) is 41.7 Å². The number of aromatic nitrogens is 2. The molecule has 2 aromatic carbocycles. The molecule has 0 aliphatic heterocycles. The fraction of sp³-hybridized carbons (Fsp3) is 0.0370. The second-order valence-electron chi connectivity index (χ2n) is 7.57. The molecule has 5 aromatic rings. The molecule has 0 unspecified atom stereocenters. The summed E-state index contributed by atoms with van der Waals surface area (Å²) in [5, 5.41) is 2.93. The Morgan fingerprint density at radius 2 is 1.69 bits per heavy atom. The molecular weight excluding hydrogens is 398 g/mol. The maximum Gasteiger partial charge on any atom is 0.248 e. The lowest BCUT2D eigenvalue weighted by atomic mass is 10.0. The number of nitrogens with one attached hydrogen (secondary N) is 1. The number of anilines is 1. The van der Waals surface area contributed by atoms with Crippen LogP contribution in [0.3, 0.4) is 0 Å². The highest BCUT2D eigenvalue weighted by molar-refractivity contribution is 6.03. The zero-order valence-corrected chi connectivity index (χ0v) is 17.5. The average Bonchev–Trinajstić information content (AvgIpc) is 3.48. The predicted octanol–water partition coefficient (Wildman–Crippen LogP) is 6.22. The number of carbonyl (C=O) groups is 1. The van der Waals surface area contributed by atoms with Gasteiger partial charge in [0.1, 0.15) is 5.76 Å². The van der Waals surface area contributed by atoms with Gasteiger partial charge in [-0.1, -0.05) is 54.6 Å². The lowest BCUT2D eigenvalue weighted by Gasteiger charge is -2.06. The minimum absolute atomic E-state index is 0.245. The maximum absolute atomic E-state index is 12.4. The van der Waals surface area contributed by atoms with Gasteiger partial charge in [-0.15, -0.1) is 0 Å². The molecule has 0 fully saturated rings. The average molecular weight is 419 g/mol. The van der Waals surface area contributed by atoms with Crippen LogP contribution in [0.2, 0.25) is 0 Å². The summed E-state index contributed by atoms with van der Waals surface area (Å²) in [6.07, 6.45) is 8.63. The number of fused-ring (bicyclic) bond motifs is 1. The van der Waals surface area contributed by atoms with Gasteiger partial charge in [0.05, 0.1) is 17.6 Å². The van der Waals surface area contributed by atoms with Crippen LogP contribution in [0.4, 0.5) is 5.69 Å². The van der Waals surface area contributed by atoms with Crippen molar-refractivity contribution in [3.05, 3.63) is 109 Å². The highest BCUT2D eigenvalue weighted by atomic mass is 16.3. The van der Waals surface area contributed by atoms with Gasteiger partial charge in [-0.25, -0.2) is 4.98 Å². The molecule has 32 heavy (non-hydrogen) atoms. The normalized spacial score (nSPS) is 11.3. The van der Waals surface area contributed by atoms with Crippen molar-refractivity contribution in [3.63, 3.8) is 0 Å². The summed E-state index contributed by atoms with van der Waals surface area (Å²) in [7, 11) is 0. The van der Waals surface area contributed by atoms with Gasteiger partial charge in [0, 0.05) is 24.0 Å². The number of carbonyl (C=O) groups excluding carboxylic acids is 1. The molecule has 5 heteroatoms. The lowest BCUT2D eigenvalue weighted by Crippen LogP contribution is -2.09. The van der Waals surface area contributed by atoms with Gasteiger partial charge in [0.2, 0.25) is 5.91 Å². The Kier molecular flexibility index (Phi) is 5.14. The summed E-state index contributed by atoms with van der Waals surface area (Å²) >= 11 is 0. The van der Waals surface area contributed by atoms with E-state index in [0.717, 1.165) is 22.4 Å². The van der Waals surface area contributed by atoms with Crippen LogP contribution >= 0.6 is 0 Å². The number of pyridine rings is 1. The van der Waals surface area contributed by atoms with Crippen LogP contribution in [0.15, 0.2) is 102 Å². The number of amides is 1. The first kappa shape index (κ1) is 19.6. The van der Waals surface area contributed by atoms with Crippen LogP contribution in [-0.2, 0) is 4.79 Å². The number of aryl methyl sites for hydroxylation is 1. The van der Waals surface area contributed by atoms with E-state index in [1.54, 1.807) is 24.5 Å². The highest BCUT2D eigenvalue weighted by Crippen LogP contribution is 2.27. The van der Waals surface area contributed by atoms with E-state index in [-0.39, 0.29) is 5.91 Å². The third-order valence-corrected chi connectivity index (χ3v) is 5.18. The van der Waals surface area contributed by atoms with Crippen LogP contribution in [0, 0.1) is 6.92 Å². The summed E-state index contributed by atoms with van der Waals surface area (Å²) < 4.78 is 7.18. The summed E-state index contributed by atoms with van der Waals surface area (Å²) in [5.41, 5.74) is 6.57. The molecule has 3 aromatic heterocycles. The molecule has 5 nitrogen and oxygen atoms in total. The molecule has 0 bridgehead atoms. The van der Waals surface area contributed by atoms with Crippen LogP contribution < -0.4 is 5.32 Å². The van der Waals surface area contributed by atoms with Gasteiger partial charge >= 0.3 is 0 Å². The molecule has 156 valence electrons. The van der Waals surface area contributed by atoms with E-state index >= 15 is 0 Å². The van der Waals surface area contributed by atoms with Crippen LogP contribution in [0.25, 0.3) is 34.1 Å². The molecule has 0 spiro atoms. The van der Waals surface area contributed by atoms with E-state index in [9.17, 15) is 4.79 Å². The van der Waals surface area contributed by atoms with Crippen LogP contribution in [0.5, 0.6) is 0 Å². The van der Waals surface area contributed by atoms with E-state index < -0.39 is 0 Å². The number of hydrogen-bond donors (Lipinski definition) is 1. The van der Waals surface area contributed by atoms with E-state index in [4.69, 9.17) is 9.40 Å². The molecule has 0 saturated heterocycles. The monoisotopic (exact) mass is 419 g/mol. The Balaban J connectivity index is 1.43. The number of rotatable bonds is 5. The fourth-order valence-corrected chi connectivity index (χ4v) is 3.65. The standard InChI is InChI=1S/C27H21N3O2/c1-19-16-24(28-26(31)14-13-23-8-5-15-32-23)27-29-25(18-30(27)17-19)22-11-9-21(10-12-22)20-6-3-2-4-7-20/h2-18H,1H3,(H,28,31)/b14-13+. The first-order valence-corrected chi connectivity index (χ1v) is 10.3. The third-order valence-electron chi connectivity index (χ3n) is 5.18. The van der Waals surface area contributed by atoms with E-state index in [1.165, 1.54) is 11.6 Å². The van der Waals surface area contributed by atoms with Crippen molar-refractivity contribution >= 4 is 23.3 Å².